The Morgan fingerprint density at radius 3 is 1.60 bits per heavy atom. The molecule has 1 aliphatic rings. The lowest BCUT2D eigenvalue weighted by Gasteiger charge is -2.32. The van der Waals surface area contributed by atoms with Gasteiger partial charge in [0, 0.05) is 5.92 Å². The van der Waals surface area contributed by atoms with Crippen LogP contribution in [0.5, 0.6) is 0 Å². The highest BCUT2D eigenvalue weighted by molar-refractivity contribution is 6.88. The molecule has 2 unspecified atom stereocenters. The van der Waals surface area contributed by atoms with E-state index in [1.54, 1.807) is 21.5 Å². The first-order valence-corrected chi connectivity index (χ1v) is 21.0. The molecule has 0 radical (unpaired) electrons. The number of hydrogen-bond donors (Lipinski definition) is 0. The molecule has 42 heavy (non-hydrogen) atoms. The van der Waals surface area contributed by atoms with E-state index in [1.165, 1.54) is 44.5 Å². The second-order valence-corrected chi connectivity index (χ2v) is 23.5. The van der Waals surface area contributed by atoms with Gasteiger partial charge < -0.3 is 0 Å². The highest BCUT2D eigenvalue weighted by atomic mass is 28.3. The van der Waals surface area contributed by atoms with E-state index in [0.717, 1.165) is 0 Å². The summed E-state index contributed by atoms with van der Waals surface area (Å²) in [6.45, 7) is 33.2. The van der Waals surface area contributed by atoms with Crippen LogP contribution >= 0.6 is 0 Å². The third kappa shape index (κ3) is 6.86. The molecular weight excluding hydrogens is 537 g/mol. The Hall–Kier alpha value is -2.43. The summed E-state index contributed by atoms with van der Waals surface area (Å²) in [6.07, 6.45) is 0. The van der Waals surface area contributed by atoms with Crippen LogP contribution in [0.4, 0.5) is 0 Å². The van der Waals surface area contributed by atoms with Gasteiger partial charge in [-0.15, -0.1) is 0 Å². The summed E-state index contributed by atoms with van der Waals surface area (Å²) in [5, 5.41) is 3.13. The normalized spacial score (nSPS) is 17.6. The maximum atomic E-state index is 2.52. The quantitative estimate of drug-likeness (QED) is 0.250. The second kappa shape index (κ2) is 11.6. The Kier molecular flexibility index (Phi) is 8.96. The number of rotatable bonds is 6. The predicted molar refractivity (Wildman–Crippen MR) is 195 cm³/mol. The van der Waals surface area contributed by atoms with Crippen LogP contribution in [0.15, 0.2) is 77.4 Å². The van der Waals surface area contributed by atoms with E-state index in [2.05, 4.69) is 156 Å². The maximum Gasteiger partial charge on any atom is 0.0775 e. The van der Waals surface area contributed by atoms with Gasteiger partial charge in [0.15, 0.2) is 0 Å². The molecular formula is C40H56Si2. The minimum atomic E-state index is -1.33. The molecule has 0 saturated heterocycles. The minimum Gasteiger partial charge on any atom is -0.0663 e. The Morgan fingerprint density at radius 1 is 0.643 bits per heavy atom. The van der Waals surface area contributed by atoms with Crippen molar-refractivity contribution in [3.05, 3.63) is 111 Å². The molecule has 0 amide bonds. The van der Waals surface area contributed by atoms with Gasteiger partial charge in [0.2, 0.25) is 0 Å². The average molecular weight is 593 g/mol. The van der Waals surface area contributed by atoms with Gasteiger partial charge in [0.25, 0.3) is 0 Å². The van der Waals surface area contributed by atoms with Crippen LogP contribution in [0.3, 0.4) is 0 Å². The molecule has 0 heterocycles. The molecule has 0 saturated carbocycles. The van der Waals surface area contributed by atoms with E-state index in [-0.39, 0.29) is 10.8 Å². The Morgan fingerprint density at radius 2 is 1.14 bits per heavy atom. The molecule has 0 bridgehead atoms. The van der Waals surface area contributed by atoms with E-state index < -0.39 is 17.6 Å². The van der Waals surface area contributed by atoms with E-state index in [9.17, 15) is 0 Å². The number of benzene rings is 3. The summed E-state index contributed by atoms with van der Waals surface area (Å²) in [6, 6.07) is 24.7. The maximum absolute atomic E-state index is 2.52. The van der Waals surface area contributed by atoms with Gasteiger partial charge >= 0.3 is 0 Å². The van der Waals surface area contributed by atoms with Gasteiger partial charge in [-0.25, -0.2) is 0 Å². The zero-order valence-corrected chi connectivity index (χ0v) is 31.5. The average Bonchev–Trinajstić information content (AvgIpc) is 3.09. The molecule has 1 aliphatic carbocycles. The van der Waals surface area contributed by atoms with Crippen molar-refractivity contribution >= 4 is 33.5 Å². The van der Waals surface area contributed by atoms with E-state index >= 15 is 0 Å². The second-order valence-electron chi connectivity index (χ2n) is 16.3. The van der Waals surface area contributed by atoms with Crippen molar-refractivity contribution < 1.29 is 0 Å². The molecule has 224 valence electrons. The highest BCUT2D eigenvalue weighted by Gasteiger charge is 2.37. The zero-order chi connectivity index (χ0) is 31.4. The third-order valence-corrected chi connectivity index (χ3v) is 14.1. The summed E-state index contributed by atoms with van der Waals surface area (Å²) < 4.78 is 0. The van der Waals surface area contributed by atoms with E-state index in [4.69, 9.17) is 0 Å². The molecule has 0 nitrogen and oxygen atoms in total. The van der Waals surface area contributed by atoms with Crippen molar-refractivity contribution in [2.24, 2.45) is 5.92 Å². The molecule has 4 rings (SSSR count). The van der Waals surface area contributed by atoms with Crippen molar-refractivity contribution in [1.29, 1.82) is 0 Å². The van der Waals surface area contributed by atoms with E-state index in [1.807, 2.05) is 0 Å². The highest BCUT2D eigenvalue weighted by Crippen LogP contribution is 2.50. The molecule has 0 aromatic heterocycles. The van der Waals surface area contributed by atoms with Crippen LogP contribution in [0.2, 0.25) is 19.6 Å². The first-order valence-electron chi connectivity index (χ1n) is 16.0. The van der Waals surface area contributed by atoms with Gasteiger partial charge in [-0.05, 0) is 90.0 Å². The molecule has 0 spiro atoms. The number of allylic oxidation sites excluding steroid dienone is 4. The standard InChI is InChI=1S/C40H56Si2/c1-25-19-26(2)21-31(20-25)38(41-34-15-17-35(18-16-34)42(12,13)14)37-29(5)27(3)28(4)36(37)30-22-32(39(6,7)8)24-33(23-30)40(9,10)11/h15-24,37-38H,41H2,1-14H3. The molecule has 0 aliphatic heterocycles. The van der Waals surface area contributed by atoms with Gasteiger partial charge in [-0.1, -0.05) is 149 Å². The molecule has 3 aromatic rings. The van der Waals surface area contributed by atoms with Crippen LogP contribution in [-0.2, 0) is 10.8 Å². The number of aryl methyl sites for hydroxylation is 2. The summed E-state index contributed by atoms with van der Waals surface area (Å²) in [4.78, 5) is 0. The first kappa shape index (κ1) is 32.5. The topological polar surface area (TPSA) is 0 Å². The van der Waals surface area contributed by atoms with Crippen LogP contribution in [-0.4, -0.2) is 17.6 Å². The lowest BCUT2D eigenvalue weighted by molar-refractivity contribution is 0.568. The van der Waals surface area contributed by atoms with Crippen LogP contribution < -0.4 is 10.4 Å². The van der Waals surface area contributed by atoms with Crippen molar-refractivity contribution in [3.63, 3.8) is 0 Å². The Bertz CT molecular complexity index is 1470. The monoisotopic (exact) mass is 592 g/mol. The molecule has 0 N–H and O–H groups in total. The minimum absolute atomic E-state index is 0.0933. The van der Waals surface area contributed by atoms with Crippen molar-refractivity contribution in [2.45, 2.75) is 112 Å². The van der Waals surface area contributed by atoms with E-state index in [0.29, 0.717) is 11.5 Å². The Balaban J connectivity index is 1.94. The smallest absolute Gasteiger partial charge is 0.0663 e. The van der Waals surface area contributed by atoms with Crippen LogP contribution in [0.25, 0.3) is 5.57 Å². The third-order valence-electron chi connectivity index (χ3n) is 9.66. The summed E-state index contributed by atoms with van der Waals surface area (Å²) in [5.74, 6) is 0.401. The summed E-state index contributed by atoms with van der Waals surface area (Å²) in [7, 11) is -1.98. The summed E-state index contributed by atoms with van der Waals surface area (Å²) >= 11 is 0. The predicted octanol–water partition coefficient (Wildman–Crippen LogP) is 9.42. The zero-order valence-electron chi connectivity index (χ0n) is 29.1. The largest absolute Gasteiger partial charge is 0.0775 e. The lowest BCUT2D eigenvalue weighted by atomic mass is 9.76. The summed E-state index contributed by atoms with van der Waals surface area (Å²) in [5.41, 5.74) is 15.4. The fraction of sp³-hybridized carbons (Fsp3) is 0.450. The van der Waals surface area contributed by atoms with Gasteiger partial charge in [-0.3, -0.25) is 0 Å². The lowest BCUT2D eigenvalue weighted by Crippen LogP contribution is -2.38. The van der Waals surface area contributed by atoms with Crippen molar-refractivity contribution in [2.75, 3.05) is 0 Å². The van der Waals surface area contributed by atoms with Gasteiger partial charge in [0.05, 0.1) is 17.6 Å². The molecule has 0 fully saturated rings. The van der Waals surface area contributed by atoms with Gasteiger partial charge in [0.1, 0.15) is 0 Å². The van der Waals surface area contributed by atoms with Crippen LogP contribution in [0.1, 0.15) is 101 Å². The SMILES string of the molecule is CC1=C(C)C(C([SiH2]c2ccc([Si](C)(C)C)cc2)c2cc(C)cc(C)c2)C(c2cc(C(C)(C)C)cc(C(C)(C)C)c2)=C1C. The Labute approximate surface area is 261 Å². The molecule has 3 aromatic carbocycles. The molecule has 2 heteroatoms. The van der Waals surface area contributed by atoms with Crippen molar-refractivity contribution in [3.8, 4) is 0 Å². The fourth-order valence-corrected chi connectivity index (χ4v) is 10.3. The van der Waals surface area contributed by atoms with Crippen LogP contribution in [0, 0.1) is 19.8 Å². The van der Waals surface area contributed by atoms with Crippen molar-refractivity contribution in [1.82, 2.24) is 0 Å². The molecule has 2 atom stereocenters. The fourth-order valence-electron chi connectivity index (χ4n) is 6.78. The van der Waals surface area contributed by atoms with Gasteiger partial charge in [-0.2, -0.15) is 0 Å². The number of hydrogen-bond acceptors (Lipinski definition) is 0. The first-order chi connectivity index (χ1) is 19.3.